The Morgan fingerprint density at radius 1 is 1.22 bits per heavy atom. The van der Waals surface area contributed by atoms with E-state index in [1.54, 1.807) is 17.0 Å². The fourth-order valence-electron chi connectivity index (χ4n) is 3.96. The van der Waals surface area contributed by atoms with E-state index in [2.05, 4.69) is 8.75 Å². The minimum atomic E-state index is -3.84. The van der Waals surface area contributed by atoms with Crippen molar-refractivity contribution in [2.45, 2.75) is 49.8 Å². The van der Waals surface area contributed by atoms with E-state index in [4.69, 9.17) is 4.74 Å². The van der Waals surface area contributed by atoms with Gasteiger partial charge in [0, 0.05) is 19.6 Å². The molecule has 27 heavy (non-hydrogen) atoms. The van der Waals surface area contributed by atoms with Gasteiger partial charge in [-0.3, -0.25) is 4.79 Å². The number of ether oxygens (including phenoxy) is 1. The van der Waals surface area contributed by atoms with Gasteiger partial charge in [-0.15, -0.1) is 0 Å². The molecule has 0 N–H and O–H groups in total. The molecule has 3 atom stereocenters. The Bertz CT molecular complexity index is 951. The highest BCUT2D eigenvalue weighted by Gasteiger charge is 2.43. The first-order chi connectivity index (χ1) is 12.9. The van der Waals surface area contributed by atoms with Crippen LogP contribution >= 0.6 is 11.7 Å². The van der Waals surface area contributed by atoms with E-state index in [9.17, 15) is 13.2 Å². The van der Waals surface area contributed by atoms with Crippen molar-refractivity contribution in [1.82, 2.24) is 18.0 Å². The van der Waals surface area contributed by atoms with Crippen molar-refractivity contribution in [3.63, 3.8) is 0 Å². The maximum absolute atomic E-state index is 13.3. The van der Waals surface area contributed by atoms with Crippen LogP contribution in [-0.4, -0.2) is 70.2 Å². The summed E-state index contributed by atoms with van der Waals surface area (Å²) in [5.41, 5.74) is 0.924. The number of carbonyl (C=O) groups is 1. The lowest BCUT2D eigenvalue weighted by Gasteiger charge is -2.37. The van der Waals surface area contributed by atoms with Crippen LogP contribution in [-0.2, 0) is 19.6 Å². The van der Waals surface area contributed by atoms with E-state index >= 15 is 0 Å². The van der Waals surface area contributed by atoms with E-state index in [1.807, 2.05) is 13.8 Å². The fourth-order valence-corrected chi connectivity index (χ4v) is 6.36. The van der Waals surface area contributed by atoms with Crippen LogP contribution in [0.25, 0.3) is 11.0 Å². The Hall–Kier alpha value is -1.62. The van der Waals surface area contributed by atoms with Gasteiger partial charge in [0.05, 0.1) is 23.9 Å². The first-order valence-electron chi connectivity index (χ1n) is 9.05. The molecule has 3 unspecified atom stereocenters. The average Bonchev–Trinajstić information content (AvgIpc) is 3.29. The first-order valence-corrected chi connectivity index (χ1v) is 11.2. The van der Waals surface area contributed by atoms with Gasteiger partial charge in [0.25, 0.3) is 0 Å². The molecule has 2 aliphatic heterocycles. The van der Waals surface area contributed by atoms with Crippen molar-refractivity contribution < 1.29 is 17.9 Å². The second kappa shape index (κ2) is 7.08. The average molecular weight is 411 g/mol. The van der Waals surface area contributed by atoms with Gasteiger partial charge in [-0.1, -0.05) is 6.07 Å². The van der Waals surface area contributed by atoms with Crippen LogP contribution in [0.5, 0.6) is 0 Å². The number of aromatic nitrogens is 2. The fraction of sp³-hybridized carbons (Fsp3) is 0.588. The number of morpholine rings is 1. The monoisotopic (exact) mass is 410 g/mol. The summed E-state index contributed by atoms with van der Waals surface area (Å²) in [5, 5.41) is 0. The molecular weight excluding hydrogens is 388 g/mol. The molecule has 10 heteroatoms. The van der Waals surface area contributed by atoms with E-state index in [1.165, 1.54) is 10.4 Å². The molecule has 4 rings (SSSR count). The third-order valence-electron chi connectivity index (χ3n) is 5.06. The van der Waals surface area contributed by atoms with Crippen LogP contribution in [0.15, 0.2) is 23.1 Å². The number of nitrogens with zero attached hydrogens (tertiary/aromatic N) is 4. The predicted molar refractivity (Wildman–Crippen MR) is 101 cm³/mol. The lowest BCUT2D eigenvalue weighted by atomic mass is 10.1. The van der Waals surface area contributed by atoms with Crippen LogP contribution < -0.4 is 0 Å². The quantitative estimate of drug-likeness (QED) is 0.761. The van der Waals surface area contributed by atoms with E-state index in [0.717, 1.165) is 11.7 Å². The lowest BCUT2D eigenvalue weighted by molar-refractivity contribution is -0.146. The number of sulfonamides is 1. The molecule has 2 saturated heterocycles. The zero-order valence-electron chi connectivity index (χ0n) is 15.2. The number of amides is 1. The smallest absolute Gasteiger partial charge is 0.246 e. The van der Waals surface area contributed by atoms with Crippen LogP contribution in [0, 0.1) is 0 Å². The van der Waals surface area contributed by atoms with Gasteiger partial charge in [0.1, 0.15) is 22.0 Å². The minimum Gasteiger partial charge on any atom is -0.372 e. The van der Waals surface area contributed by atoms with Crippen LogP contribution in [0.1, 0.15) is 26.7 Å². The molecule has 1 aromatic heterocycles. The zero-order valence-corrected chi connectivity index (χ0v) is 16.9. The van der Waals surface area contributed by atoms with Crippen LogP contribution in [0.3, 0.4) is 0 Å². The van der Waals surface area contributed by atoms with Gasteiger partial charge < -0.3 is 9.64 Å². The third kappa shape index (κ3) is 3.35. The maximum Gasteiger partial charge on any atom is 0.246 e. The van der Waals surface area contributed by atoms with Gasteiger partial charge in [0.2, 0.25) is 15.9 Å². The Labute approximate surface area is 162 Å². The van der Waals surface area contributed by atoms with E-state index in [-0.39, 0.29) is 23.0 Å². The molecule has 0 aliphatic carbocycles. The lowest BCUT2D eigenvalue weighted by Crippen LogP contribution is -2.54. The predicted octanol–water partition coefficient (Wildman–Crippen LogP) is 1.48. The molecule has 0 radical (unpaired) electrons. The third-order valence-corrected chi connectivity index (χ3v) is 7.54. The Balaban J connectivity index is 1.64. The second-order valence-corrected chi connectivity index (χ2v) is 9.55. The molecule has 0 spiro atoms. The van der Waals surface area contributed by atoms with Crippen molar-refractivity contribution in [3.05, 3.63) is 18.2 Å². The molecule has 2 fully saturated rings. The van der Waals surface area contributed by atoms with Crippen LogP contribution in [0.2, 0.25) is 0 Å². The summed E-state index contributed by atoms with van der Waals surface area (Å²) in [5.74, 6) is -0.137. The van der Waals surface area contributed by atoms with Gasteiger partial charge in [-0.2, -0.15) is 13.1 Å². The number of carbonyl (C=O) groups excluding carboxylic acids is 1. The molecule has 0 bridgehead atoms. The molecule has 2 aliphatic rings. The maximum atomic E-state index is 13.3. The highest BCUT2D eigenvalue weighted by molar-refractivity contribution is 7.89. The molecular formula is C17H22N4O4S2. The van der Waals surface area contributed by atoms with Gasteiger partial charge in [0.15, 0.2) is 0 Å². The number of rotatable bonds is 3. The largest absolute Gasteiger partial charge is 0.372 e. The van der Waals surface area contributed by atoms with Crippen molar-refractivity contribution in [1.29, 1.82) is 0 Å². The summed E-state index contributed by atoms with van der Waals surface area (Å²) < 4.78 is 42.0. The summed E-state index contributed by atoms with van der Waals surface area (Å²) in [6.45, 7) is 5.16. The molecule has 3 heterocycles. The van der Waals surface area contributed by atoms with Crippen LogP contribution in [0.4, 0.5) is 0 Å². The number of hydrogen-bond donors (Lipinski definition) is 0. The molecule has 1 amide bonds. The second-order valence-electron chi connectivity index (χ2n) is 7.16. The number of fused-ring (bicyclic) bond motifs is 1. The Morgan fingerprint density at radius 2 is 1.96 bits per heavy atom. The van der Waals surface area contributed by atoms with Crippen molar-refractivity contribution in [2.75, 3.05) is 19.6 Å². The van der Waals surface area contributed by atoms with Gasteiger partial charge >= 0.3 is 0 Å². The molecule has 0 saturated carbocycles. The van der Waals surface area contributed by atoms with E-state index in [0.29, 0.717) is 43.5 Å². The zero-order chi connectivity index (χ0) is 19.2. The van der Waals surface area contributed by atoms with Gasteiger partial charge in [-0.25, -0.2) is 8.42 Å². The molecule has 8 nitrogen and oxygen atoms in total. The molecule has 146 valence electrons. The van der Waals surface area contributed by atoms with Crippen molar-refractivity contribution in [3.8, 4) is 0 Å². The molecule has 2 aromatic rings. The van der Waals surface area contributed by atoms with E-state index < -0.39 is 16.1 Å². The normalized spacial score (nSPS) is 27.3. The standard InChI is InChI=1S/C17H22N4O4S2/c1-11-9-20(10-12(2)25-11)17(22)14-6-4-8-21(14)27(23,24)15-7-3-5-13-16(15)19-26-18-13/h3,5,7,11-12,14H,4,6,8-10H2,1-2H3. The molecule has 1 aromatic carbocycles. The highest BCUT2D eigenvalue weighted by Crippen LogP contribution is 2.31. The Morgan fingerprint density at radius 3 is 2.70 bits per heavy atom. The first kappa shape index (κ1) is 18.7. The summed E-state index contributed by atoms with van der Waals surface area (Å²) in [6, 6.07) is 4.27. The summed E-state index contributed by atoms with van der Waals surface area (Å²) in [6.07, 6.45) is 1.08. The van der Waals surface area contributed by atoms with Crippen molar-refractivity contribution in [2.24, 2.45) is 0 Å². The summed E-state index contributed by atoms with van der Waals surface area (Å²) >= 11 is 0.984. The topological polar surface area (TPSA) is 92.7 Å². The SMILES string of the molecule is CC1CN(C(=O)C2CCCN2S(=O)(=O)c2cccc3nsnc23)CC(C)O1. The summed E-state index contributed by atoms with van der Waals surface area (Å²) in [7, 11) is -3.84. The summed E-state index contributed by atoms with van der Waals surface area (Å²) in [4.78, 5) is 15.0. The van der Waals surface area contributed by atoms with Crippen molar-refractivity contribution >= 4 is 38.7 Å². The number of hydrogen-bond acceptors (Lipinski definition) is 7. The number of benzene rings is 1. The van der Waals surface area contributed by atoms with Gasteiger partial charge in [-0.05, 0) is 38.8 Å². The minimum absolute atomic E-state index is 0.0565. The Kier molecular flexibility index (Phi) is 4.91. The highest BCUT2D eigenvalue weighted by atomic mass is 32.2.